The minimum atomic E-state index is 0.0340. The first kappa shape index (κ1) is 18.3. The maximum Gasteiger partial charge on any atom is 0.221 e. The Morgan fingerprint density at radius 1 is 1.36 bits per heavy atom. The molecular weight excluding hydrogens is 300 g/mol. The molecule has 22 heavy (non-hydrogen) atoms. The van der Waals surface area contributed by atoms with Gasteiger partial charge in [-0.1, -0.05) is 29.8 Å². The molecule has 0 radical (unpaired) electrons. The van der Waals surface area contributed by atoms with Gasteiger partial charge in [0, 0.05) is 44.7 Å². The first-order valence-corrected chi connectivity index (χ1v) is 7.76. The van der Waals surface area contributed by atoms with E-state index in [2.05, 4.69) is 15.6 Å². The number of guanidine groups is 1. The van der Waals surface area contributed by atoms with E-state index in [-0.39, 0.29) is 11.9 Å². The standard InChI is InChI=1S/C16H25ClN4O/c1-12(2)20-15(22)9-10-19-16(18-3)21(4)11-13-7-5-6-8-14(13)17/h5-8,12H,9-11H2,1-4H3,(H,18,19)(H,20,22). The first-order chi connectivity index (χ1) is 10.4. The van der Waals surface area contributed by atoms with Gasteiger partial charge in [0.05, 0.1) is 0 Å². The fourth-order valence-corrected chi connectivity index (χ4v) is 2.22. The van der Waals surface area contributed by atoms with Crippen LogP contribution in [0.3, 0.4) is 0 Å². The van der Waals surface area contributed by atoms with Gasteiger partial charge in [-0.05, 0) is 25.5 Å². The fourth-order valence-electron chi connectivity index (χ4n) is 2.02. The topological polar surface area (TPSA) is 56.7 Å². The van der Waals surface area contributed by atoms with Gasteiger partial charge in [0.2, 0.25) is 5.91 Å². The van der Waals surface area contributed by atoms with E-state index >= 15 is 0 Å². The Bertz CT molecular complexity index is 517. The number of halogens is 1. The van der Waals surface area contributed by atoms with Crippen LogP contribution in [0, 0.1) is 0 Å². The van der Waals surface area contributed by atoms with Crippen LogP contribution in [0.4, 0.5) is 0 Å². The van der Waals surface area contributed by atoms with Crippen molar-refractivity contribution >= 4 is 23.5 Å². The third-order valence-electron chi connectivity index (χ3n) is 3.02. The van der Waals surface area contributed by atoms with Gasteiger partial charge < -0.3 is 15.5 Å². The normalized spacial score (nSPS) is 11.5. The molecule has 0 aliphatic carbocycles. The SMILES string of the molecule is CN=C(NCCC(=O)NC(C)C)N(C)Cc1ccccc1Cl. The molecule has 1 amide bonds. The van der Waals surface area contributed by atoms with Gasteiger partial charge in [-0.25, -0.2) is 0 Å². The molecule has 0 spiro atoms. The molecule has 0 saturated carbocycles. The predicted molar refractivity (Wildman–Crippen MR) is 92.2 cm³/mol. The Morgan fingerprint density at radius 3 is 2.64 bits per heavy atom. The van der Waals surface area contributed by atoms with Crippen molar-refractivity contribution < 1.29 is 4.79 Å². The zero-order valence-corrected chi connectivity index (χ0v) is 14.4. The molecule has 0 bridgehead atoms. The third-order valence-corrected chi connectivity index (χ3v) is 3.39. The van der Waals surface area contributed by atoms with E-state index in [0.29, 0.717) is 19.5 Å². The minimum absolute atomic E-state index is 0.0340. The summed E-state index contributed by atoms with van der Waals surface area (Å²) in [5.74, 6) is 0.768. The number of rotatable bonds is 6. The summed E-state index contributed by atoms with van der Waals surface area (Å²) in [5.41, 5.74) is 1.03. The van der Waals surface area contributed by atoms with Gasteiger partial charge in [-0.3, -0.25) is 9.79 Å². The molecule has 0 aromatic heterocycles. The quantitative estimate of drug-likeness (QED) is 0.623. The van der Waals surface area contributed by atoms with Crippen molar-refractivity contribution in [2.45, 2.75) is 32.9 Å². The lowest BCUT2D eigenvalue weighted by Crippen LogP contribution is -2.40. The van der Waals surface area contributed by atoms with Gasteiger partial charge in [-0.2, -0.15) is 0 Å². The Morgan fingerprint density at radius 2 is 2.05 bits per heavy atom. The summed E-state index contributed by atoms with van der Waals surface area (Å²) in [6.45, 7) is 5.08. The average Bonchev–Trinajstić information content (AvgIpc) is 2.45. The second-order valence-corrected chi connectivity index (χ2v) is 5.80. The van der Waals surface area contributed by atoms with E-state index in [1.165, 1.54) is 0 Å². The summed E-state index contributed by atoms with van der Waals surface area (Å²) in [5, 5.41) is 6.78. The summed E-state index contributed by atoms with van der Waals surface area (Å²) in [7, 11) is 3.66. The summed E-state index contributed by atoms with van der Waals surface area (Å²) in [6, 6.07) is 7.89. The van der Waals surface area contributed by atoms with Gasteiger partial charge in [0.1, 0.15) is 0 Å². The van der Waals surface area contributed by atoms with Crippen LogP contribution in [-0.4, -0.2) is 43.4 Å². The fraction of sp³-hybridized carbons (Fsp3) is 0.500. The Labute approximate surface area is 137 Å². The van der Waals surface area contributed by atoms with Gasteiger partial charge in [0.25, 0.3) is 0 Å². The first-order valence-electron chi connectivity index (χ1n) is 7.38. The smallest absolute Gasteiger partial charge is 0.221 e. The highest BCUT2D eigenvalue weighted by Crippen LogP contribution is 2.16. The average molecular weight is 325 g/mol. The maximum absolute atomic E-state index is 11.6. The number of hydrogen-bond donors (Lipinski definition) is 2. The molecular formula is C16H25ClN4O. The Hall–Kier alpha value is -1.75. The second-order valence-electron chi connectivity index (χ2n) is 5.39. The highest BCUT2D eigenvalue weighted by Gasteiger charge is 2.09. The molecule has 5 nitrogen and oxygen atoms in total. The van der Waals surface area contributed by atoms with Crippen molar-refractivity contribution in [3.05, 3.63) is 34.9 Å². The molecule has 0 unspecified atom stereocenters. The van der Waals surface area contributed by atoms with E-state index in [4.69, 9.17) is 11.6 Å². The largest absolute Gasteiger partial charge is 0.356 e. The lowest BCUT2D eigenvalue weighted by Gasteiger charge is -2.22. The van der Waals surface area contributed by atoms with Gasteiger partial charge in [0.15, 0.2) is 5.96 Å². The number of nitrogens with zero attached hydrogens (tertiary/aromatic N) is 2. The van der Waals surface area contributed by atoms with Crippen molar-refractivity contribution in [3.63, 3.8) is 0 Å². The number of benzene rings is 1. The van der Waals surface area contributed by atoms with Crippen LogP contribution >= 0.6 is 11.6 Å². The molecule has 0 saturated heterocycles. The van der Waals surface area contributed by atoms with Gasteiger partial charge in [-0.15, -0.1) is 0 Å². The van der Waals surface area contributed by atoms with E-state index in [1.807, 2.05) is 50.1 Å². The monoisotopic (exact) mass is 324 g/mol. The van der Waals surface area contributed by atoms with Crippen molar-refractivity contribution in [2.24, 2.45) is 4.99 Å². The highest BCUT2D eigenvalue weighted by atomic mass is 35.5. The molecule has 1 rings (SSSR count). The van der Waals surface area contributed by atoms with E-state index < -0.39 is 0 Å². The van der Waals surface area contributed by atoms with Crippen molar-refractivity contribution in [1.82, 2.24) is 15.5 Å². The summed E-state index contributed by atoms with van der Waals surface area (Å²) >= 11 is 6.17. The lowest BCUT2D eigenvalue weighted by atomic mass is 10.2. The molecule has 1 aromatic carbocycles. The number of carbonyl (C=O) groups is 1. The van der Waals surface area contributed by atoms with Crippen molar-refractivity contribution in [2.75, 3.05) is 20.6 Å². The third kappa shape index (κ3) is 6.35. The van der Waals surface area contributed by atoms with Crippen LogP contribution in [0.1, 0.15) is 25.8 Å². The molecule has 122 valence electrons. The van der Waals surface area contributed by atoms with Crippen LogP contribution in [0.15, 0.2) is 29.3 Å². The zero-order chi connectivity index (χ0) is 16.5. The Balaban J connectivity index is 2.47. The number of amides is 1. The second kappa shape index (κ2) is 9.30. The minimum Gasteiger partial charge on any atom is -0.356 e. The highest BCUT2D eigenvalue weighted by molar-refractivity contribution is 6.31. The lowest BCUT2D eigenvalue weighted by molar-refractivity contribution is -0.121. The van der Waals surface area contributed by atoms with E-state index in [9.17, 15) is 4.79 Å². The van der Waals surface area contributed by atoms with Crippen LogP contribution in [0.25, 0.3) is 0 Å². The number of carbonyl (C=O) groups excluding carboxylic acids is 1. The summed E-state index contributed by atoms with van der Waals surface area (Å²) < 4.78 is 0. The molecule has 6 heteroatoms. The molecule has 0 atom stereocenters. The van der Waals surface area contributed by atoms with Crippen LogP contribution < -0.4 is 10.6 Å². The molecule has 1 aromatic rings. The zero-order valence-electron chi connectivity index (χ0n) is 13.7. The molecule has 0 aliphatic heterocycles. The van der Waals surface area contributed by atoms with Crippen LogP contribution in [0.5, 0.6) is 0 Å². The van der Waals surface area contributed by atoms with Crippen molar-refractivity contribution in [3.8, 4) is 0 Å². The van der Waals surface area contributed by atoms with Gasteiger partial charge >= 0.3 is 0 Å². The number of hydrogen-bond acceptors (Lipinski definition) is 2. The molecule has 0 fully saturated rings. The summed E-state index contributed by atoms with van der Waals surface area (Å²) in [4.78, 5) is 17.8. The Kier molecular flexibility index (Phi) is 7.74. The number of nitrogens with one attached hydrogen (secondary N) is 2. The molecule has 0 aliphatic rings. The van der Waals surface area contributed by atoms with E-state index in [1.54, 1.807) is 7.05 Å². The van der Waals surface area contributed by atoms with E-state index in [0.717, 1.165) is 16.5 Å². The van der Waals surface area contributed by atoms with Crippen LogP contribution in [0.2, 0.25) is 5.02 Å². The number of aliphatic imine (C=N–C) groups is 1. The maximum atomic E-state index is 11.6. The van der Waals surface area contributed by atoms with Crippen molar-refractivity contribution in [1.29, 1.82) is 0 Å². The predicted octanol–water partition coefficient (Wildman–Crippen LogP) is 2.26. The molecule has 0 heterocycles. The van der Waals surface area contributed by atoms with Crippen LogP contribution in [-0.2, 0) is 11.3 Å². The summed E-state index contributed by atoms with van der Waals surface area (Å²) in [6.07, 6.45) is 0.414. The molecule has 2 N–H and O–H groups in total.